The SMILES string of the molecule is O=C1[C@@H](NS(=O)(=O)/C=C/c2ccc(Cl)s2)CCCN1CC(=O)N1CC2CC2C1CN1CCCC1. The largest absolute Gasteiger partial charge is 0.336 e. The molecule has 1 aromatic rings. The normalized spacial score (nSPS) is 29.9. The van der Waals surface area contributed by atoms with Crippen LogP contribution in [0.2, 0.25) is 4.34 Å². The summed E-state index contributed by atoms with van der Waals surface area (Å²) in [6, 6.07) is 2.83. The Morgan fingerprint density at radius 3 is 2.74 bits per heavy atom. The van der Waals surface area contributed by atoms with E-state index in [0.717, 1.165) is 31.6 Å². The maximum absolute atomic E-state index is 13.2. The number of carbonyl (C=O) groups excluding carboxylic acids is 2. The van der Waals surface area contributed by atoms with Crippen LogP contribution >= 0.6 is 22.9 Å². The van der Waals surface area contributed by atoms with Gasteiger partial charge in [0.2, 0.25) is 21.8 Å². The van der Waals surface area contributed by atoms with Gasteiger partial charge >= 0.3 is 0 Å². The number of nitrogens with zero attached hydrogens (tertiary/aromatic N) is 3. The van der Waals surface area contributed by atoms with Gasteiger partial charge in [0.05, 0.1) is 10.9 Å². The molecule has 4 heterocycles. The number of likely N-dealkylation sites (tertiary alicyclic amines) is 3. The maximum atomic E-state index is 13.2. The third-order valence-corrected chi connectivity index (χ3v) is 9.74. The maximum Gasteiger partial charge on any atom is 0.242 e. The predicted octanol–water partition coefficient (Wildman–Crippen LogP) is 2.23. The van der Waals surface area contributed by atoms with Crippen LogP contribution in [0.1, 0.15) is 37.0 Å². The number of hydrogen-bond donors (Lipinski definition) is 1. The van der Waals surface area contributed by atoms with Gasteiger partial charge in [0.1, 0.15) is 6.04 Å². The Hall–Kier alpha value is -1.46. The smallest absolute Gasteiger partial charge is 0.242 e. The number of nitrogens with one attached hydrogen (secondary N) is 1. The summed E-state index contributed by atoms with van der Waals surface area (Å²) in [4.78, 5) is 33.0. The molecule has 4 aliphatic rings. The molecule has 1 saturated carbocycles. The molecule has 2 amide bonds. The molecule has 3 unspecified atom stereocenters. The molecule has 0 bridgehead atoms. The Labute approximate surface area is 210 Å². The fraction of sp³-hybridized carbons (Fsp3) is 0.652. The monoisotopic (exact) mass is 526 g/mol. The lowest BCUT2D eigenvalue weighted by Gasteiger charge is -2.35. The van der Waals surface area contributed by atoms with Gasteiger partial charge in [0.15, 0.2) is 0 Å². The Balaban J connectivity index is 1.18. The van der Waals surface area contributed by atoms with E-state index in [9.17, 15) is 18.0 Å². The highest BCUT2D eigenvalue weighted by Gasteiger charge is 2.54. The Bertz CT molecular complexity index is 1070. The number of amides is 2. The molecule has 1 aromatic heterocycles. The van der Waals surface area contributed by atoms with Crippen molar-refractivity contribution in [1.29, 1.82) is 0 Å². The summed E-state index contributed by atoms with van der Waals surface area (Å²) >= 11 is 7.16. The van der Waals surface area contributed by atoms with Gasteiger partial charge in [-0.3, -0.25) is 9.59 Å². The second kappa shape index (κ2) is 9.89. The zero-order valence-corrected chi connectivity index (χ0v) is 21.5. The van der Waals surface area contributed by atoms with E-state index in [1.54, 1.807) is 12.1 Å². The van der Waals surface area contributed by atoms with Gasteiger partial charge in [0.25, 0.3) is 0 Å². The first kappa shape index (κ1) is 24.2. The van der Waals surface area contributed by atoms with E-state index < -0.39 is 16.1 Å². The molecule has 1 N–H and O–H groups in total. The highest BCUT2D eigenvalue weighted by molar-refractivity contribution is 7.92. The van der Waals surface area contributed by atoms with Crippen LogP contribution in [-0.2, 0) is 19.6 Å². The van der Waals surface area contributed by atoms with Crippen molar-refractivity contribution in [3.05, 3.63) is 26.8 Å². The molecule has 5 rings (SSSR count). The molecule has 4 fully saturated rings. The molecule has 3 aliphatic heterocycles. The molecule has 11 heteroatoms. The molecule has 0 spiro atoms. The van der Waals surface area contributed by atoms with E-state index in [4.69, 9.17) is 11.6 Å². The summed E-state index contributed by atoms with van der Waals surface area (Å²) < 4.78 is 28.1. The van der Waals surface area contributed by atoms with Crippen LogP contribution < -0.4 is 4.72 Å². The second-order valence-electron chi connectivity index (χ2n) is 9.84. The van der Waals surface area contributed by atoms with Gasteiger partial charge in [-0.2, -0.15) is 4.72 Å². The van der Waals surface area contributed by atoms with E-state index in [0.29, 0.717) is 40.4 Å². The molecule has 8 nitrogen and oxygen atoms in total. The number of rotatable bonds is 8. The van der Waals surface area contributed by atoms with Crippen molar-refractivity contribution >= 4 is 50.9 Å². The van der Waals surface area contributed by atoms with Crippen molar-refractivity contribution in [3.63, 3.8) is 0 Å². The highest BCUT2D eigenvalue weighted by atomic mass is 35.5. The molecule has 3 saturated heterocycles. The van der Waals surface area contributed by atoms with Crippen LogP contribution in [0.4, 0.5) is 0 Å². The molecule has 0 radical (unpaired) electrons. The van der Waals surface area contributed by atoms with E-state index in [2.05, 4.69) is 9.62 Å². The number of carbonyl (C=O) groups is 2. The molecule has 4 atom stereocenters. The van der Waals surface area contributed by atoms with Crippen LogP contribution in [0.15, 0.2) is 17.5 Å². The number of hydrogen-bond acceptors (Lipinski definition) is 6. The fourth-order valence-corrected chi connectivity index (χ4v) is 7.66. The third-order valence-electron chi connectivity index (χ3n) is 7.44. The van der Waals surface area contributed by atoms with Crippen molar-refractivity contribution < 1.29 is 18.0 Å². The minimum atomic E-state index is -3.81. The van der Waals surface area contributed by atoms with E-state index >= 15 is 0 Å². The van der Waals surface area contributed by atoms with Gasteiger partial charge in [-0.1, -0.05) is 11.6 Å². The number of thiophene rings is 1. The lowest BCUT2D eigenvalue weighted by Crippen LogP contribution is -2.55. The zero-order valence-electron chi connectivity index (χ0n) is 19.1. The summed E-state index contributed by atoms with van der Waals surface area (Å²) in [6.07, 6.45) is 6.20. The topological polar surface area (TPSA) is 90.0 Å². The van der Waals surface area contributed by atoms with Gasteiger partial charge in [-0.15, -0.1) is 11.3 Å². The van der Waals surface area contributed by atoms with Crippen molar-refractivity contribution in [3.8, 4) is 0 Å². The highest BCUT2D eigenvalue weighted by Crippen LogP contribution is 2.49. The van der Waals surface area contributed by atoms with Gasteiger partial charge in [-0.05, 0) is 75.2 Å². The first-order valence-electron chi connectivity index (χ1n) is 12.1. The molecule has 186 valence electrons. The summed E-state index contributed by atoms with van der Waals surface area (Å²) in [6.45, 7) is 4.44. The molecule has 34 heavy (non-hydrogen) atoms. The van der Waals surface area contributed by atoms with Crippen molar-refractivity contribution in [2.24, 2.45) is 11.8 Å². The van der Waals surface area contributed by atoms with Crippen molar-refractivity contribution in [1.82, 2.24) is 19.4 Å². The number of fused-ring (bicyclic) bond motifs is 1. The lowest BCUT2D eigenvalue weighted by atomic mass is 10.1. The average Bonchev–Trinajstić information content (AvgIpc) is 3.11. The second-order valence-corrected chi connectivity index (χ2v) is 13.2. The third kappa shape index (κ3) is 5.51. The summed E-state index contributed by atoms with van der Waals surface area (Å²) in [7, 11) is -3.81. The average molecular weight is 527 g/mol. The standard InChI is InChI=1S/C23H31ClN4O4S2/c24-21-6-5-17(33-21)7-11-34(31,32)25-19-4-3-10-27(23(19)30)15-22(29)28-13-16-12-18(16)20(28)14-26-8-1-2-9-26/h5-7,11,16,18-20,25H,1-4,8-10,12-15H2/b11-7+/t16?,18?,19-,20?/m0/s1. The number of halogens is 1. The van der Waals surface area contributed by atoms with Crippen LogP contribution in [0, 0.1) is 11.8 Å². The van der Waals surface area contributed by atoms with Crippen molar-refractivity contribution in [2.75, 3.05) is 39.3 Å². The van der Waals surface area contributed by atoms with Crippen LogP contribution in [-0.4, -0.2) is 86.3 Å². The quantitative estimate of drug-likeness (QED) is 0.561. The molecule has 1 aliphatic carbocycles. The summed E-state index contributed by atoms with van der Waals surface area (Å²) in [5, 5.41) is 1.06. The van der Waals surface area contributed by atoms with Crippen LogP contribution in [0.5, 0.6) is 0 Å². The summed E-state index contributed by atoms with van der Waals surface area (Å²) in [5.74, 6) is 0.878. The summed E-state index contributed by atoms with van der Waals surface area (Å²) in [5.41, 5.74) is 0. The first-order valence-corrected chi connectivity index (χ1v) is 14.8. The Kier molecular flexibility index (Phi) is 7.05. The van der Waals surface area contributed by atoms with E-state index in [1.165, 1.54) is 41.6 Å². The minimum absolute atomic E-state index is 0.0114. The van der Waals surface area contributed by atoms with Crippen LogP contribution in [0.25, 0.3) is 6.08 Å². The molecule has 0 aromatic carbocycles. The first-order chi connectivity index (χ1) is 16.3. The number of piperidine rings is 2. The van der Waals surface area contributed by atoms with E-state index in [1.807, 2.05) is 4.90 Å². The minimum Gasteiger partial charge on any atom is -0.336 e. The zero-order chi connectivity index (χ0) is 23.9. The van der Waals surface area contributed by atoms with Gasteiger partial charge < -0.3 is 14.7 Å². The van der Waals surface area contributed by atoms with Crippen LogP contribution in [0.3, 0.4) is 0 Å². The molecular weight excluding hydrogens is 496 g/mol. The van der Waals surface area contributed by atoms with Crippen molar-refractivity contribution in [2.45, 2.75) is 44.2 Å². The van der Waals surface area contributed by atoms with Gasteiger partial charge in [0, 0.05) is 36.0 Å². The van der Waals surface area contributed by atoms with Gasteiger partial charge in [-0.25, -0.2) is 8.42 Å². The Morgan fingerprint density at radius 2 is 2.00 bits per heavy atom. The fourth-order valence-electron chi connectivity index (χ4n) is 5.59. The Morgan fingerprint density at radius 1 is 1.21 bits per heavy atom. The van der Waals surface area contributed by atoms with E-state index in [-0.39, 0.29) is 24.4 Å². The lowest BCUT2D eigenvalue weighted by molar-refractivity contribution is -0.144. The number of sulfonamides is 1. The predicted molar refractivity (Wildman–Crippen MR) is 133 cm³/mol. The molecular formula is C23H31ClN4O4S2.